The molecule has 2 aromatic rings. The Hall–Kier alpha value is -2.60. The molecule has 1 N–H and O–H groups in total. The molecule has 0 aliphatic carbocycles. The second kappa shape index (κ2) is 8.19. The number of nitrogens with zero attached hydrogens (tertiary/aromatic N) is 2. The van der Waals surface area contributed by atoms with Gasteiger partial charge in [0.05, 0.1) is 6.61 Å². The first-order valence-electron chi connectivity index (χ1n) is 8.65. The summed E-state index contributed by atoms with van der Waals surface area (Å²) in [5, 5.41) is 9.03. The maximum Gasteiger partial charge on any atom is 0.260 e. The molecule has 1 aliphatic heterocycles. The molecule has 0 spiro atoms. The minimum Gasteiger partial charge on any atom is -0.484 e. The average molecular weight is 358 g/mol. The highest BCUT2D eigenvalue weighted by molar-refractivity contribution is 5.78. The molecule has 138 valence electrons. The van der Waals surface area contributed by atoms with E-state index in [1.165, 1.54) is 12.1 Å². The zero-order valence-electron chi connectivity index (χ0n) is 14.8. The van der Waals surface area contributed by atoms with Crippen LogP contribution in [0.25, 0.3) is 0 Å². The van der Waals surface area contributed by atoms with Crippen molar-refractivity contribution in [3.63, 3.8) is 0 Å². The molecular formula is C20H23FN2O3. The van der Waals surface area contributed by atoms with E-state index >= 15 is 0 Å². The van der Waals surface area contributed by atoms with Gasteiger partial charge in [0.25, 0.3) is 5.91 Å². The molecule has 1 saturated heterocycles. The summed E-state index contributed by atoms with van der Waals surface area (Å²) in [5.74, 6) is 0.274. The van der Waals surface area contributed by atoms with Crippen LogP contribution in [0.15, 0.2) is 48.5 Å². The van der Waals surface area contributed by atoms with E-state index < -0.39 is 0 Å². The number of likely N-dealkylation sites (tertiary alicyclic amines) is 1. The summed E-state index contributed by atoms with van der Waals surface area (Å²) >= 11 is 0. The molecule has 0 saturated carbocycles. The van der Waals surface area contributed by atoms with Crippen LogP contribution in [0.2, 0.25) is 0 Å². The fraction of sp³-hybridized carbons (Fsp3) is 0.350. The first-order valence-corrected chi connectivity index (χ1v) is 8.65. The summed E-state index contributed by atoms with van der Waals surface area (Å²) in [6, 6.07) is 13.6. The zero-order valence-corrected chi connectivity index (χ0v) is 14.8. The minimum atomic E-state index is -0.263. The van der Waals surface area contributed by atoms with E-state index in [0.717, 1.165) is 17.7 Å². The van der Waals surface area contributed by atoms with Crippen molar-refractivity contribution in [2.24, 2.45) is 0 Å². The second-order valence-electron chi connectivity index (χ2n) is 6.46. The van der Waals surface area contributed by atoms with Gasteiger partial charge >= 0.3 is 0 Å². The molecule has 1 fully saturated rings. The Bertz CT molecular complexity index is 751. The lowest BCUT2D eigenvalue weighted by atomic mass is 10.2. The number of hydrogen-bond acceptors (Lipinski definition) is 4. The van der Waals surface area contributed by atoms with Crippen LogP contribution in [-0.4, -0.2) is 48.7 Å². The molecular weight excluding hydrogens is 335 g/mol. The number of ether oxygens (including phenoxy) is 1. The topological polar surface area (TPSA) is 53.0 Å². The number of rotatable bonds is 6. The number of amides is 1. The molecule has 1 aliphatic rings. The second-order valence-corrected chi connectivity index (χ2v) is 6.46. The third-order valence-corrected chi connectivity index (χ3v) is 4.75. The number of carbonyl (C=O) groups excluding carboxylic acids is 1. The SMILES string of the molecule is CN(c1cccc(F)c1)C1CCN(C(=O)COc2ccc(CO)cc2)C1. The molecule has 1 heterocycles. The third kappa shape index (κ3) is 4.32. The quantitative estimate of drug-likeness (QED) is 0.862. The fourth-order valence-corrected chi connectivity index (χ4v) is 3.12. The Balaban J connectivity index is 1.51. The number of halogens is 1. The van der Waals surface area contributed by atoms with Gasteiger partial charge in [-0.05, 0) is 42.3 Å². The number of likely N-dealkylation sites (N-methyl/N-ethyl adjacent to an activating group) is 1. The largest absolute Gasteiger partial charge is 0.484 e. The zero-order chi connectivity index (χ0) is 18.5. The minimum absolute atomic E-state index is 0.0190. The van der Waals surface area contributed by atoms with E-state index in [1.807, 2.05) is 18.0 Å². The summed E-state index contributed by atoms with van der Waals surface area (Å²) in [4.78, 5) is 16.2. The van der Waals surface area contributed by atoms with Crippen molar-refractivity contribution in [3.8, 4) is 5.75 Å². The van der Waals surface area contributed by atoms with E-state index in [2.05, 4.69) is 0 Å². The van der Waals surface area contributed by atoms with Gasteiger partial charge in [0.15, 0.2) is 6.61 Å². The van der Waals surface area contributed by atoms with E-state index in [-0.39, 0.29) is 31.0 Å². The van der Waals surface area contributed by atoms with Crippen molar-refractivity contribution in [2.75, 3.05) is 31.6 Å². The van der Waals surface area contributed by atoms with Crippen molar-refractivity contribution >= 4 is 11.6 Å². The van der Waals surface area contributed by atoms with Gasteiger partial charge in [-0.25, -0.2) is 4.39 Å². The van der Waals surface area contributed by atoms with Crippen LogP contribution in [0.4, 0.5) is 10.1 Å². The fourth-order valence-electron chi connectivity index (χ4n) is 3.12. The first kappa shape index (κ1) is 18.2. The lowest BCUT2D eigenvalue weighted by molar-refractivity contribution is -0.132. The van der Waals surface area contributed by atoms with Crippen LogP contribution in [-0.2, 0) is 11.4 Å². The van der Waals surface area contributed by atoms with Crippen molar-refractivity contribution < 1.29 is 19.0 Å². The normalized spacial score (nSPS) is 16.6. The summed E-state index contributed by atoms with van der Waals surface area (Å²) in [6.45, 7) is 1.22. The predicted octanol–water partition coefficient (Wildman–Crippen LogP) is 2.43. The average Bonchev–Trinajstić information content (AvgIpc) is 3.16. The number of aliphatic hydroxyl groups is 1. The Morgan fingerprint density at radius 1 is 1.31 bits per heavy atom. The molecule has 0 radical (unpaired) electrons. The van der Waals surface area contributed by atoms with E-state index in [9.17, 15) is 9.18 Å². The smallest absolute Gasteiger partial charge is 0.260 e. The Morgan fingerprint density at radius 2 is 2.08 bits per heavy atom. The molecule has 5 nitrogen and oxygen atoms in total. The number of benzene rings is 2. The molecule has 0 aromatic heterocycles. The first-order chi connectivity index (χ1) is 12.6. The standard InChI is InChI=1S/C20H23FN2O3/c1-22(17-4-2-3-16(21)11-17)18-9-10-23(12-18)20(25)14-26-19-7-5-15(13-24)6-8-19/h2-8,11,18,24H,9-10,12-14H2,1H3. The highest BCUT2D eigenvalue weighted by atomic mass is 19.1. The lowest BCUT2D eigenvalue weighted by Crippen LogP contribution is -2.38. The monoisotopic (exact) mass is 358 g/mol. The van der Waals surface area contributed by atoms with Gasteiger partial charge in [-0.15, -0.1) is 0 Å². The van der Waals surface area contributed by atoms with Gasteiger partial charge in [-0.1, -0.05) is 18.2 Å². The lowest BCUT2D eigenvalue weighted by Gasteiger charge is -2.27. The van der Waals surface area contributed by atoms with Gasteiger partial charge in [0.1, 0.15) is 11.6 Å². The molecule has 1 atom stereocenters. The van der Waals surface area contributed by atoms with E-state index in [1.54, 1.807) is 35.2 Å². The van der Waals surface area contributed by atoms with Crippen molar-refractivity contribution in [1.82, 2.24) is 4.90 Å². The summed E-state index contributed by atoms with van der Waals surface area (Å²) in [7, 11) is 1.92. The van der Waals surface area contributed by atoms with Gasteiger partial charge in [0, 0.05) is 31.9 Å². The Morgan fingerprint density at radius 3 is 2.77 bits per heavy atom. The summed E-state index contributed by atoms with van der Waals surface area (Å²) < 4.78 is 18.9. The number of hydrogen-bond donors (Lipinski definition) is 1. The maximum absolute atomic E-state index is 13.4. The number of aliphatic hydroxyl groups excluding tert-OH is 1. The molecule has 0 bridgehead atoms. The van der Waals surface area contributed by atoms with Crippen LogP contribution in [0, 0.1) is 5.82 Å². The van der Waals surface area contributed by atoms with Crippen LogP contribution < -0.4 is 9.64 Å². The van der Waals surface area contributed by atoms with Crippen LogP contribution in [0.3, 0.4) is 0 Å². The maximum atomic E-state index is 13.4. The van der Waals surface area contributed by atoms with Crippen LogP contribution in [0.5, 0.6) is 5.75 Å². The highest BCUT2D eigenvalue weighted by Crippen LogP contribution is 2.22. The van der Waals surface area contributed by atoms with E-state index in [4.69, 9.17) is 9.84 Å². The predicted molar refractivity (Wildman–Crippen MR) is 97.6 cm³/mol. The molecule has 3 rings (SSSR count). The molecule has 1 unspecified atom stereocenters. The van der Waals surface area contributed by atoms with Gasteiger partial charge in [-0.3, -0.25) is 4.79 Å². The molecule has 26 heavy (non-hydrogen) atoms. The van der Waals surface area contributed by atoms with Crippen molar-refractivity contribution in [3.05, 3.63) is 59.9 Å². The molecule has 6 heteroatoms. The van der Waals surface area contributed by atoms with Crippen molar-refractivity contribution in [2.45, 2.75) is 19.1 Å². The third-order valence-electron chi connectivity index (χ3n) is 4.75. The van der Waals surface area contributed by atoms with Crippen molar-refractivity contribution in [1.29, 1.82) is 0 Å². The highest BCUT2D eigenvalue weighted by Gasteiger charge is 2.29. The van der Waals surface area contributed by atoms with E-state index in [0.29, 0.717) is 18.8 Å². The molecule has 1 amide bonds. The summed E-state index contributed by atoms with van der Waals surface area (Å²) in [6.07, 6.45) is 0.837. The Kier molecular flexibility index (Phi) is 5.73. The molecule has 2 aromatic carbocycles. The van der Waals surface area contributed by atoms with Gasteiger partial charge < -0.3 is 19.6 Å². The number of carbonyl (C=O) groups is 1. The Labute approximate surface area is 152 Å². The number of anilines is 1. The van der Waals surface area contributed by atoms with Gasteiger partial charge in [0.2, 0.25) is 0 Å². The summed E-state index contributed by atoms with van der Waals surface area (Å²) in [5.41, 5.74) is 1.61. The van der Waals surface area contributed by atoms with Crippen LogP contribution in [0.1, 0.15) is 12.0 Å². The van der Waals surface area contributed by atoms with Crippen LogP contribution >= 0.6 is 0 Å². The van der Waals surface area contributed by atoms with Gasteiger partial charge in [-0.2, -0.15) is 0 Å².